The van der Waals surface area contributed by atoms with Crippen LogP contribution in [-0.4, -0.2) is 29.6 Å². The SMILES string of the molecule is Cc1ccc(C)c(S(=O)(=O)N(C)Cc2cn(C)nc2C)c1. The van der Waals surface area contributed by atoms with Crippen LogP contribution in [0.25, 0.3) is 0 Å². The van der Waals surface area contributed by atoms with Gasteiger partial charge in [-0.3, -0.25) is 4.68 Å². The van der Waals surface area contributed by atoms with Gasteiger partial charge >= 0.3 is 0 Å². The molecular weight excluding hydrogens is 286 g/mol. The molecule has 1 aromatic carbocycles. The normalized spacial score (nSPS) is 12.1. The number of nitrogens with zero attached hydrogens (tertiary/aromatic N) is 3. The number of aromatic nitrogens is 2. The zero-order valence-corrected chi connectivity index (χ0v) is 13.9. The summed E-state index contributed by atoms with van der Waals surface area (Å²) in [6.07, 6.45) is 1.85. The van der Waals surface area contributed by atoms with Crippen molar-refractivity contribution in [2.75, 3.05) is 7.05 Å². The van der Waals surface area contributed by atoms with E-state index in [2.05, 4.69) is 5.10 Å². The molecule has 0 spiro atoms. The van der Waals surface area contributed by atoms with Crippen molar-refractivity contribution < 1.29 is 8.42 Å². The minimum Gasteiger partial charge on any atom is -0.275 e. The van der Waals surface area contributed by atoms with Gasteiger partial charge in [0.05, 0.1) is 10.6 Å². The lowest BCUT2D eigenvalue weighted by molar-refractivity contribution is 0.465. The molecule has 1 aromatic heterocycles. The molecule has 0 N–H and O–H groups in total. The molecule has 0 saturated carbocycles. The Hall–Kier alpha value is -1.66. The van der Waals surface area contributed by atoms with Crippen LogP contribution in [0.3, 0.4) is 0 Å². The second-order valence-corrected chi connectivity index (χ2v) is 7.46. The first-order valence-electron chi connectivity index (χ1n) is 6.74. The van der Waals surface area contributed by atoms with E-state index in [1.54, 1.807) is 17.8 Å². The predicted octanol–water partition coefficient (Wildman–Crippen LogP) is 2.17. The van der Waals surface area contributed by atoms with Crippen LogP contribution in [0.1, 0.15) is 22.4 Å². The van der Waals surface area contributed by atoms with Crippen molar-refractivity contribution in [2.24, 2.45) is 7.05 Å². The summed E-state index contributed by atoms with van der Waals surface area (Å²) in [5.74, 6) is 0. The highest BCUT2D eigenvalue weighted by molar-refractivity contribution is 7.89. The maximum atomic E-state index is 12.7. The highest BCUT2D eigenvalue weighted by atomic mass is 32.2. The van der Waals surface area contributed by atoms with Crippen LogP contribution in [0.5, 0.6) is 0 Å². The number of hydrogen-bond acceptors (Lipinski definition) is 3. The van der Waals surface area contributed by atoms with Gasteiger partial charge in [0, 0.05) is 32.4 Å². The molecule has 2 aromatic rings. The fraction of sp³-hybridized carbons (Fsp3) is 0.400. The van der Waals surface area contributed by atoms with Crippen molar-refractivity contribution in [2.45, 2.75) is 32.2 Å². The van der Waals surface area contributed by atoms with Gasteiger partial charge < -0.3 is 0 Å². The second kappa shape index (κ2) is 5.61. The monoisotopic (exact) mass is 307 g/mol. The Labute approximate surface area is 126 Å². The second-order valence-electron chi connectivity index (χ2n) is 5.44. The minimum atomic E-state index is -3.50. The number of hydrogen-bond donors (Lipinski definition) is 0. The Morgan fingerprint density at radius 1 is 1.24 bits per heavy atom. The smallest absolute Gasteiger partial charge is 0.243 e. The zero-order valence-electron chi connectivity index (χ0n) is 13.1. The summed E-state index contributed by atoms with van der Waals surface area (Å²) in [6.45, 7) is 5.91. The lowest BCUT2D eigenvalue weighted by Gasteiger charge is -2.18. The molecule has 0 radical (unpaired) electrons. The van der Waals surface area contributed by atoms with Crippen LogP contribution >= 0.6 is 0 Å². The molecule has 1 heterocycles. The maximum Gasteiger partial charge on any atom is 0.243 e. The van der Waals surface area contributed by atoms with Crippen molar-refractivity contribution in [1.82, 2.24) is 14.1 Å². The Morgan fingerprint density at radius 2 is 1.90 bits per heavy atom. The molecule has 5 nitrogen and oxygen atoms in total. The molecular formula is C15H21N3O2S. The number of aryl methyl sites for hydroxylation is 4. The van der Waals surface area contributed by atoms with E-state index in [9.17, 15) is 8.42 Å². The van der Waals surface area contributed by atoms with E-state index in [0.717, 1.165) is 22.4 Å². The van der Waals surface area contributed by atoms with E-state index in [4.69, 9.17) is 0 Å². The molecule has 2 rings (SSSR count). The number of rotatable bonds is 4. The summed E-state index contributed by atoms with van der Waals surface area (Å²) in [4.78, 5) is 0.367. The zero-order chi connectivity index (χ0) is 15.8. The summed E-state index contributed by atoms with van der Waals surface area (Å²) in [5.41, 5.74) is 3.45. The van der Waals surface area contributed by atoms with Gasteiger partial charge in [-0.25, -0.2) is 8.42 Å². The molecule has 0 saturated heterocycles. The highest BCUT2D eigenvalue weighted by Gasteiger charge is 2.24. The molecule has 0 aliphatic carbocycles. The molecule has 6 heteroatoms. The van der Waals surface area contributed by atoms with Crippen LogP contribution in [0.2, 0.25) is 0 Å². The van der Waals surface area contributed by atoms with E-state index in [1.165, 1.54) is 4.31 Å². The molecule has 0 aliphatic heterocycles. The van der Waals surface area contributed by atoms with Crippen LogP contribution < -0.4 is 0 Å². The highest BCUT2D eigenvalue weighted by Crippen LogP contribution is 2.22. The lowest BCUT2D eigenvalue weighted by atomic mass is 10.2. The summed E-state index contributed by atoms with van der Waals surface area (Å²) in [7, 11) is -0.0717. The van der Waals surface area contributed by atoms with Crippen LogP contribution in [0, 0.1) is 20.8 Å². The van der Waals surface area contributed by atoms with Crippen molar-refractivity contribution in [3.05, 3.63) is 46.8 Å². The Kier molecular flexibility index (Phi) is 4.20. The van der Waals surface area contributed by atoms with Crippen molar-refractivity contribution >= 4 is 10.0 Å². The van der Waals surface area contributed by atoms with Gasteiger partial charge in [0.1, 0.15) is 0 Å². The average molecular weight is 307 g/mol. The fourth-order valence-corrected chi connectivity index (χ4v) is 3.74. The third kappa shape index (κ3) is 3.16. The number of benzene rings is 1. The summed E-state index contributed by atoms with van der Waals surface area (Å²) >= 11 is 0. The van der Waals surface area contributed by atoms with Crippen molar-refractivity contribution in [1.29, 1.82) is 0 Å². The first-order valence-corrected chi connectivity index (χ1v) is 8.18. The van der Waals surface area contributed by atoms with Gasteiger partial charge in [0.25, 0.3) is 0 Å². The van der Waals surface area contributed by atoms with Crippen molar-refractivity contribution in [3.63, 3.8) is 0 Å². The van der Waals surface area contributed by atoms with Gasteiger partial charge in [0.2, 0.25) is 10.0 Å². The molecule has 114 valence electrons. The first-order chi connectivity index (χ1) is 9.71. The Bertz CT molecular complexity index is 763. The molecule has 0 bridgehead atoms. The predicted molar refractivity (Wildman–Crippen MR) is 82.5 cm³/mol. The molecule has 0 unspecified atom stereocenters. The Balaban J connectivity index is 2.35. The van der Waals surface area contributed by atoms with E-state index in [1.807, 2.05) is 46.1 Å². The molecule has 21 heavy (non-hydrogen) atoms. The van der Waals surface area contributed by atoms with Gasteiger partial charge in [-0.1, -0.05) is 12.1 Å². The summed E-state index contributed by atoms with van der Waals surface area (Å²) in [5, 5.41) is 4.25. The third-order valence-corrected chi connectivity index (χ3v) is 5.49. The van der Waals surface area contributed by atoms with Gasteiger partial charge in [-0.05, 0) is 38.0 Å². The third-order valence-electron chi connectivity index (χ3n) is 3.54. The van der Waals surface area contributed by atoms with E-state index < -0.39 is 10.0 Å². The van der Waals surface area contributed by atoms with Crippen LogP contribution in [0.15, 0.2) is 29.3 Å². The Morgan fingerprint density at radius 3 is 2.48 bits per heavy atom. The lowest BCUT2D eigenvalue weighted by Crippen LogP contribution is -2.27. The quantitative estimate of drug-likeness (QED) is 0.870. The van der Waals surface area contributed by atoms with Gasteiger partial charge in [0.15, 0.2) is 0 Å². The topological polar surface area (TPSA) is 55.2 Å². The molecule has 0 fully saturated rings. The van der Waals surface area contributed by atoms with E-state index >= 15 is 0 Å². The number of sulfonamides is 1. The summed E-state index contributed by atoms with van der Waals surface area (Å²) < 4.78 is 28.5. The maximum absolute atomic E-state index is 12.7. The van der Waals surface area contributed by atoms with E-state index in [0.29, 0.717) is 11.4 Å². The molecule has 0 amide bonds. The van der Waals surface area contributed by atoms with Gasteiger partial charge in [-0.2, -0.15) is 9.40 Å². The summed E-state index contributed by atoms with van der Waals surface area (Å²) in [6, 6.07) is 5.47. The molecule has 0 aliphatic rings. The fourth-order valence-electron chi connectivity index (χ4n) is 2.28. The van der Waals surface area contributed by atoms with Gasteiger partial charge in [-0.15, -0.1) is 0 Å². The van der Waals surface area contributed by atoms with E-state index in [-0.39, 0.29) is 0 Å². The standard InChI is InChI=1S/C15H21N3O2S/c1-11-6-7-12(2)15(8-11)21(19,20)18(5)10-14-9-17(4)16-13(14)3/h6-9H,10H2,1-5H3. The first kappa shape index (κ1) is 15.7. The van der Waals surface area contributed by atoms with Crippen molar-refractivity contribution in [3.8, 4) is 0 Å². The average Bonchev–Trinajstić information content (AvgIpc) is 2.70. The van der Waals surface area contributed by atoms with Crippen LogP contribution in [0.4, 0.5) is 0 Å². The minimum absolute atomic E-state index is 0.315. The largest absolute Gasteiger partial charge is 0.275 e. The van der Waals surface area contributed by atoms with Crippen LogP contribution in [-0.2, 0) is 23.6 Å². The molecule has 0 atom stereocenters.